The van der Waals surface area contributed by atoms with E-state index < -0.39 is 14.8 Å². The zero-order valence-corrected chi connectivity index (χ0v) is 12.7. The standard InChI is InChI=1S/C6H15Cl3O3Si2/c1-10-14(11-2,12-3)6-4-5-13(7,8)9/h4-6H2,1-3H3. The molecule has 0 aromatic rings. The highest BCUT2D eigenvalue weighted by molar-refractivity contribution is 7.64. The van der Waals surface area contributed by atoms with E-state index in [1.807, 2.05) is 0 Å². The first-order valence-electron chi connectivity index (χ1n) is 4.11. The van der Waals surface area contributed by atoms with E-state index in [4.69, 9.17) is 46.5 Å². The number of hydrogen-bond donors (Lipinski definition) is 0. The summed E-state index contributed by atoms with van der Waals surface area (Å²) in [6.07, 6.45) is 0.754. The summed E-state index contributed by atoms with van der Waals surface area (Å²) in [5.74, 6) is 0. The van der Waals surface area contributed by atoms with Crippen molar-refractivity contribution in [3.05, 3.63) is 0 Å². The summed E-state index contributed by atoms with van der Waals surface area (Å²) < 4.78 is 15.7. The zero-order valence-electron chi connectivity index (χ0n) is 8.48. The third kappa shape index (κ3) is 5.92. The molecule has 0 spiro atoms. The Hall–Kier alpha value is 1.18. The van der Waals surface area contributed by atoms with Crippen molar-refractivity contribution in [2.75, 3.05) is 21.3 Å². The van der Waals surface area contributed by atoms with Gasteiger partial charge in [-0.3, -0.25) is 0 Å². The molecule has 0 atom stereocenters. The van der Waals surface area contributed by atoms with E-state index in [1.165, 1.54) is 0 Å². The van der Waals surface area contributed by atoms with Gasteiger partial charge in [0.05, 0.1) is 0 Å². The van der Waals surface area contributed by atoms with Crippen LogP contribution >= 0.6 is 33.2 Å². The SMILES string of the molecule is CO[Si](CCC[Si](Cl)(Cl)Cl)(OC)OC. The van der Waals surface area contributed by atoms with Gasteiger partial charge in [-0.1, -0.05) is 0 Å². The van der Waals surface area contributed by atoms with Crippen LogP contribution in [0.15, 0.2) is 0 Å². The van der Waals surface area contributed by atoms with Crippen LogP contribution in [-0.2, 0) is 13.3 Å². The van der Waals surface area contributed by atoms with E-state index in [-0.39, 0.29) is 0 Å². The molecule has 0 bridgehead atoms. The Morgan fingerprint density at radius 2 is 1.29 bits per heavy atom. The molecule has 0 aliphatic carbocycles. The van der Waals surface area contributed by atoms with Crippen LogP contribution in [0.2, 0.25) is 12.1 Å². The Balaban J connectivity index is 3.95. The molecule has 0 saturated heterocycles. The second kappa shape index (κ2) is 6.70. The third-order valence-corrected chi connectivity index (χ3v) is 7.33. The molecule has 0 N–H and O–H groups in total. The lowest BCUT2D eigenvalue weighted by molar-refractivity contribution is 0.123. The maximum absolute atomic E-state index is 5.75. The van der Waals surface area contributed by atoms with Gasteiger partial charge in [-0.15, -0.1) is 33.2 Å². The van der Waals surface area contributed by atoms with Gasteiger partial charge in [-0.2, -0.15) is 0 Å². The van der Waals surface area contributed by atoms with Gasteiger partial charge in [0.25, 0.3) is 0 Å². The lowest BCUT2D eigenvalue weighted by Gasteiger charge is -2.24. The largest absolute Gasteiger partial charge is 0.500 e. The second-order valence-electron chi connectivity index (χ2n) is 2.76. The summed E-state index contributed by atoms with van der Waals surface area (Å²) in [5.41, 5.74) is 0. The normalized spacial score (nSPS) is 13.3. The summed E-state index contributed by atoms with van der Waals surface area (Å²) >= 11 is 17.3. The van der Waals surface area contributed by atoms with Crippen LogP contribution in [0.25, 0.3) is 0 Å². The summed E-state index contributed by atoms with van der Waals surface area (Å²) in [6.45, 7) is 0. The zero-order chi connectivity index (χ0) is 11.2. The average Bonchev–Trinajstić information content (AvgIpc) is 2.11. The monoisotopic (exact) mass is 296 g/mol. The van der Waals surface area contributed by atoms with Crippen molar-refractivity contribution in [3.63, 3.8) is 0 Å². The molecule has 0 amide bonds. The summed E-state index contributed by atoms with van der Waals surface area (Å²) in [5, 5.41) is 0. The minimum atomic E-state index is -2.52. The molecule has 0 aromatic carbocycles. The van der Waals surface area contributed by atoms with E-state index in [0.29, 0.717) is 12.1 Å². The summed E-state index contributed by atoms with van der Waals surface area (Å²) in [6, 6.07) is -1.25. The Labute approximate surface area is 101 Å². The number of halogens is 3. The molecule has 0 radical (unpaired) electrons. The highest BCUT2D eigenvalue weighted by Gasteiger charge is 2.38. The predicted molar refractivity (Wildman–Crippen MR) is 64.3 cm³/mol. The lowest BCUT2D eigenvalue weighted by Crippen LogP contribution is -2.42. The molecule has 0 aliphatic rings. The quantitative estimate of drug-likeness (QED) is 0.534. The van der Waals surface area contributed by atoms with Crippen LogP contribution in [0.1, 0.15) is 6.42 Å². The molecule has 0 aromatic heterocycles. The number of hydrogen-bond acceptors (Lipinski definition) is 3. The van der Waals surface area contributed by atoms with Gasteiger partial charge in [0.2, 0.25) is 0 Å². The fraction of sp³-hybridized carbons (Fsp3) is 1.00. The maximum Gasteiger partial charge on any atom is 0.500 e. The van der Waals surface area contributed by atoms with Gasteiger partial charge in [-0.05, 0) is 12.5 Å². The Morgan fingerprint density at radius 3 is 1.57 bits per heavy atom. The van der Waals surface area contributed by atoms with E-state index in [1.54, 1.807) is 21.3 Å². The van der Waals surface area contributed by atoms with Crippen molar-refractivity contribution in [1.29, 1.82) is 0 Å². The Kier molecular flexibility index (Phi) is 7.27. The molecule has 3 nitrogen and oxygen atoms in total. The number of rotatable bonds is 7. The predicted octanol–water partition coefficient (Wildman–Crippen LogP) is 2.91. The topological polar surface area (TPSA) is 27.7 Å². The fourth-order valence-electron chi connectivity index (χ4n) is 1.06. The van der Waals surface area contributed by atoms with Gasteiger partial charge in [-0.25, -0.2) is 0 Å². The Morgan fingerprint density at radius 1 is 0.857 bits per heavy atom. The minimum absolute atomic E-state index is 0.600. The highest BCUT2D eigenvalue weighted by Crippen LogP contribution is 2.29. The van der Waals surface area contributed by atoms with Crippen LogP contribution in [-0.4, -0.2) is 36.1 Å². The molecule has 0 saturated carbocycles. The smallest absolute Gasteiger partial charge is 0.377 e. The van der Waals surface area contributed by atoms with Crippen LogP contribution in [0.3, 0.4) is 0 Å². The van der Waals surface area contributed by atoms with Crippen molar-refractivity contribution >= 4 is 48.0 Å². The second-order valence-corrected chi connectivity index (χ2v) is 15.1. The molecule has 0 heterocycles. The average molecular weight is 298 g/mol. The van der Waals surface area contributed by atoms with Gasteiger partial charge < -0.3 is 13.3 Å². The van der Waals surface area contributed by atoms with Crippen molar-refractivity contribution in [2.24, 2.45) is 0 Å². The molecule has 86 valence electrons. The molecule has 0 unspecified atom stereocenters. The van der Waals surface area contributed by atoms with E-state index in [9.17, 15) is 0 Å². The van der Waals surface area contributed by atoms with Crippen molar-refractivity contribution < 1.29 is 13.3 Å². The first-order valence-corrected chi connectivity index (χ1v) is 11.3. The van der Waals surface area contributed by atoms with Gasteiger partial charge in [0, 0.05) is 27.4 Å². The van der Waals surface area contributed by atoms with Crippen molar-refractivity contribution in [3.8, 4) is 0 Å². The molecule has 14 heavy (non-hydrogen) atoms. The van der Waals surface area contributed by atoms with Crippen LogP contribution in [0, 0.1) is 0 Å². The minimum Gasteiger partial charge on any atom is -0.377 e. The highest BCUT2D eigenvalue weighted by atomic mass is 35.8. The lowest BCUT2D eigenvalue weighted by atomic mass is 10.6. The summed E-state index contributed by atoms with van der Waals surface area (Å²) in [4.78, 5) is 0. The van der Waals surface area contributed by atoms with Crippen molar-refractivity contribution in [1.82, 2.24) is 0 Å². The van der Waals surface area contributed by atoms with Crippen LogP contribution < -0.4 is 0 Å². The van der Waals surface area contributed by atoms with Gasteiger partial charge in [0.15, 0.2) is 0 Å². The molecule has 0 rings (SSSR count). The molecule has 8 heteroatoms. The fourth-order valence-corrected chi connectivity index (χ4v) is 4.92. The van der Waals surface area contributed by atoms with E-state index in [0.717, 1.165) is 6.42 Å². The van der Waals surface area contributed by atoms with E-state index >= 15 is 0 Å². The van der Waals surface area contributed by atoms with Gasteiger partial charge >= 0.3 is 14.8 Å². The first kappa shape index (κ1) is 15.2. The van der Waals surface area contributed by atoms with E-state index in [2.05, 4.69) is 0 Å². The summed E-state index contributed by atoms with van der Waals surface area (Å²) in [7, 11) is 2.26. The molecule has 0 fully saturated rings. The molecule has 0 aliphatic heterocycles. The van der Waals surface area contributed by atoms with Crippen molar-refractivity contribution in [2.45, 2.75) is 18.5 Å². The molecular formula is C6H15Cl3O3Si2. The maximum atomic E-state index is 5.75. The van der Waals surface area contributed by atoms with Crippen LogP contribution in [0.4, 0.5) is 0 Å². The third-order valence-electron chi connectivity index (χ3n) is 1.88. The van der Waals surface area contributed by atoms with Gasteiger partial charge in [0.1, 0.15) is 0 Å². The Bertz CT molecular complexity index is 153. The first-order chi connectivity index (χ1) is 6.39. The van der Waals surface area contributed by atoms with Crippen LogP contribution in [0.5, 0.6) is 0 Å². The molecular weight excluding hydrogens is 283 g/mol.